The molecular weight excluding hydrogens is 228 g/mol. The zero-order valence-electron chi connectivity index (χ0n) is 8.30. The second kappa shape index (κ2) is 5.66. The van der Waals surface area contributed by atoms with Crippen LogP contribution in [0.15, 0.2) is 0 Å². The Labute approximate surface area is 87.1 Å². The summed E-state index contributed by atoms with van der Waals surface area (Å²) in [5, 5.41) is -2.32. The van der Waals surface area contributed by atoms with E-state index < -0.39 is 27.3 Å². The molecule has 0 aromatic heterocycles. The molecule has 0 amide bonds. The third-order valence-electron chi connectivity index (χ3n) is 1.30. The van der Waals surface area contributed by atoms with Gasteiger partial charge in [-0.2, -0.15) is 8.42 Å². The zero-order valence-corrected chi connectivity index (χ0v) is 9.11. The van der Waals surface area contributed by atoms with Crippen LogP contribution < -0.4 is 0 Å². The summed E-state index contributed by atoms with van der Waals surface area (Å²) < 4.78 is 38.7. The van der Waals surface area contributed by atoms with Gasteiger partial charge in [-0.25, -0.2) is 9.59 Å². The molecule has 0 aliphatic heterocycles. The lowest BCUT2D eigenvalue weighted by molar-refractivity contribution is -0.153. The van der Waals surface area contributed by atoms with E-state index in [0.717, 1.165) is 0 Å². The SMILES string of the molecule is CCOC(=O)C(C(=O)OCC)S(=O)(=O)O. The third-order valence-corrected chi connectivity index (χ3v) is 2.28. The molecule has 0 unspecified atom stereocenters. The number of ether oxygens (including phenoxy) is 2. The van der Waals surface area contributed by atoms with Gasteiger partial charge in [-0.1, -0.05) is 0 Å². The number of carbonyl (C=O) groups excluding carboxylic acids is 2. The van der Waals surface area contributed by atoms with Gasteiger partial charge in [0.1, 0.15) is 0 Å². The van der Waals surface area contributed by atoms with Crippen molar-refractivity contribution in [3.8, 4) is 0 Å². The van der Waals surface area contributed by atoms with Crippen molar-refractivity contribution in [3.63, 3.8) is 0 Å². The fourth-order valence-corrected chi connectivity index (χ4v) is 1.40. The molecular formula is C7H12O7S. The molecule has 0 bridgehead atoms. The smallest absolute Gasteiger partial charge is 0.338 e. The summed E-state index contributed by atoms with van der Waals surface area (Å²) in [6.07, 6.45) is 0. The summed E-state index contributed by atoms with van der Waals surface area (Å²) in [7, 11) is -4.86. The van der Waals surface area contributed by atoms with Crippen molar-refractivity contribution in [3.05, 3.63) is 0 Å². The van der Waals surface area contributed by atoms with Gasteiger partial charge in [-0.3, -0.25) is 4.55 Å². The van der Waals surface area contributed by atoms with Crippen molar-refractivity contribution in [2.24, 2.45) is 0 Å². The van der Waals surface area contributed by atoms with E-state index >= 15 is 0 Å². The van der Waals surface area contributed by atoms with Gasteiger partial charge in [0, 0.05) is 0 Å². The lowest BCUT2D eigenvalue weighted by atomic mass is 10.4. The van der Waals surface area contributed by atoms with E-state index in [1.165, 1.54) is 13.8 Å². The highest BCUT2D eigenvalue weighted by atomic mass is 32.2. The monoisotopic (exact) mass is 240 g/mol. The van der Waals surface area contributed by atoms with Crippen molar-refractivity contribution in [1.29, 1.82) is 0 Å². The second-order valence-corrected chi connectivity index (χ2v) is 3.90. The molecule has 15 heavy (non-hydrogen) atoms. The van der Waals surface area contributed by atoms with Crippen LogP contribution in [0.5, 0.6) is 0 Å². The van der Waals surface area contributed by atoms with Gasteiger partial charge in [-0.15, -0.1) is 0 Å². The summed E-state index contributed by atoms with van der Waals surface area (Å²) in [5.74, 6) is -2.70. The maximum Gasteiger partial charge on any atom is 0.338 e. The predicted octanol–water partition coefficient (Wildman–Crippen LogP) is -0.631. The average Bonchev–Trinajstić information content (AvgIpc) is 2.01. The molecule has 0 saturated heterocycles. The van der Waals surface area contributed by atoms with Gasteiger partial charge in [-0.05, 0) is 13.8 Å². The molecule has 0 aromatic carbocycles. The molecule has 88 valence electrons. The summed E-state index contributed by atoms with van der Waals surface area (Å²) in [5.41, 5.74) is 0. The highest BCUT2D eigenvalue weighted by molar-refractivity contribution is 7.88. The Morgan fingerprint density at radius 2 is 1.47 bits per heavy atom. The van der Waals surface area contributed by atoms with Crippen LogP contribution in [0.2, 0.25) is 0 Å². The molecule has 1 N–H and O–H groups in total. The molecule has 0 heterocycles. The zero-order chi connectivity index (χ0) is 12.1. The molecule has 0 atom stereocenters. The van der Waals surface area contributed by atoms with Crippen molar-refractivity contribution in [2.75, 3.05) is 13.2 Å². The Morgan fingerprint density at radius 1 is 1.13 bits per heavy atom. The van der Waals surface area contributed by atoms with Crippen LogP contribution in [0.25, 0.3) is 0 Å². The first-order valence-corrected chi connectivity index (χ1v) is 5.64. The van der Waals surface area contributed by atoms with Gasteiger partial charge in [0.05, 0.1) is 13.2 Å². The lowest BCUT2D eigenvalue weighted by Crippen LogP contribution is -2.40. The van der Waals surface area contributed by atoms with E-state index in [2.05, 4.69) is 9.47 Å². The minimum Gasteiger partial charge on any atom is -0.465 e. The Balaban J connectivity index is 4.91. The minimum absolute atomic E-state index is 0.107. The van der Waals surface area contributed by atoms with Crippen LogP contribution in [0.4, 0.5) is 0 Å². The molecule has 8 heteroatoms. The summed E-state index contributed by atoms with van der Waals surface area (Å²) >= 11 is 0. The van der Waals surface area contributed by atoms with E-state index in [-0.39, 0.29) is 13.2 Å². The number of hydrogen-bond donors (Lipinski definition) is 1. The number of esters is 2. The third kappa shape index (κ3) is 4.26. The Kier molecular flexibility index (Phi) is 5.23. The highest BCUT2D eigenvalue weighted by Crippen LogP contribution is 2.04. The second-order valence-electron chi connectivity index (χ2n) is 2.40. The van der Waals surface area contributed by atoms with E-state index in [1.807, 2.05) is 0 Å². The van der Waals surface area contributed by atoms with E-state index in [4.69, 9.17) is 4.55 Å². The molecule has 0 radical (unpaired) electrons. The van der Waals surface area contributed by atoms with E-state index in [1.54, 1.807) is 0 Å². The summed E-state index contributed by atoms with van der Waals surface area (Å²) in [6.45, 7) is 2.66. The molecule has 0 aliphatic carbocycles. The molecule has 0 saturated carbocycles. The molecule has 0 rings (SSSR count). The minimum atomic E-state index is -4.86. The van der Waals surface area contributed by atoms with Gasteiger partial charge in [0.2, 0.25) is 0 Å². The van der Waals surface area contributed by atoms with Crippen LogP contribution in [0.3, 0.4) is 0 Å². The maximum absolute atomic E-state index is 11.0. The molecule has 0 fully saturated rings. The predicted molar refractivity (Wildman–Crippen MR) is 48.6 cm³/mol. The molecule has 0 spiro atoms. The average molecular weight is 240 g/mol. The quantitative estimate of drug-likeness (QED) is 0.387. The van der Waals surface area contributed by atoms with Crippen LogP contribution >= 0.6 is 0 Å². The first-order chi connectivity index (χ1) is 6.84. The Hall–Kier alpha value is -1.15. The topological polar surface area (TPSA) is 107 Å². The van der Waals surface area contributed by atoms with Crippen LogP contribution in [0.1, 0.15) is 13.8 Å². The molecule has 7 nitrogen and oxygen atoms in total. The first-order valence-electron chi connectivity index (χ1n) is 4.14. The van der Waals surface area contributed by atoms with Crippen molar-refractivity contribution >= 4 is 22.1 Å². The fraction of sp³-hybridized carbons (Fsp3) is 0.714. The van der Waals surface area contributed by atoms with Crippen LogP contribution in [0, 0.1) is 0 Å². The standard InChI is InChI=1S/C7H12O7S/c1-3-13-6(8)5(15(10,11)12)7(9)14-4-2/h5H,3-4H2,1-2H3,(H,10,11,12). The van der Waals surface area contributed by atoms with Crippen molar-refractivity contribution < 1.29 is 32.0 Å². The number of carbonyl (C=O) groups is 2. The van der Waals surface area contributed by atoms with Gasteiger partial charge in [0.25, 0.3) is 15.4 Å². The van der Waals surface area contributed by atoms with Crippen LogP contribution in [-0.2, 0) is 29.2 Å². The first kappa shape index (κ1) is 13.8. The Bertz CT molecular complexity index is 313. The van der Waals surface area contributed by atoms with Gasteiger partial charge >= 0.3 is 11.9 Å². The summed E-state index contributed by atoms with van der Waals surface area (Å²) in [6, 6.07) is 0. The lowest BCUT2D eigenvalue weighted by Gasteiger charge is -2.10. The fourth-order valence-electron chi connectivity index (χ4n) is 0.775. The van der Waals surface area contributed by atoms with Gasteiger partial charge in [0.15, 0.2) is 0 Å². The van der Waals surface area contributed by atoms with E-state index in [9.17, 15) is 18.0 Å². The van der Waals surface area contributed by atoms with Crippen molar-refractivity contribution in [2.45, 2.75) is 19.1 Å². The van der Waals surface area contributed by atoms with Crippen molar-refractivity contribution in [1.82, 2.24) is 0 Å². The largest absolute Gasteiger partial charge is 0.465 e. The molecule has 0 aromatic rings. The number of rotatable bonds is 5. The normalized spacial score (nSPS) is 11.2. The summed E-state index contributed by atoms with van der Waals surface area (Å²) in [4.78, 5) is 22.1. The number of hydrogen-bond acceptors (Lipinski definition) is 6. The van der Waals surface area contributed by atoms with Crippen LogP contribution in [-0.4, -0.2) is 43.4 Å². The Morgan fingerprint density at radius 3 is 1.67 bits per heavy atom. The molecule has 0 aliphatic rings. The maximum atomic E-state index is 11.0. The highest BCUT2D eigenvalue weighted by Gasteiger charge is 2.41. The van der Waals surface area contributed by atoms with E-state index in [0.29, 0.717) is 0 Å². The van der Waals surface area contributed by atoms with Gasteiger partial charge < -0.3 is 9.47 Å².